The molecule has 1 aliphatic heterocycles. The van der Waals surface area contributed by atoms with E-state index in [1.54, 1.807) is 27.7 Å². The van der Waals surface area contributed by atoms with Crippen LogP contribution in [0.15, 0.2) is 24.3 Å². The molecule has 1 aliphatic rings. The molecule has 184 valence electrons. The predicted molar refractivity (Wildman–Crippen MR) is 110 cm³/mol. The van der Waals surface area contributed by atoms with Crippen molar-refractivity contribution in [1.82, 2.24) is 0 Å². The molecule has 1 heterocycles. The summed E-state index contributed by atoms with van der Waals surface area (Å²) in [4.78, 5) is 48.1. The van der Waals surface area contributed by atoms with E-state index in [1.807, 2.05) is 0 Å². The smallest absolute Gasteiger partial charge is 0.331 e. The van der Waals surface area contributed by atoms with Crippen molar-refractivity contribution in [2.24, 2.45) is 0 Å². The van der Waals surface area contributed by atoms with E-state index >= 15 is 0 Å². The maximum absolute atomic E-state index is 12.1. The molecule has 1 N–H and O–H groups in total. The summed E-state index contributed by atoms with van der Waals surface area (Å²) in [7, 11) is 0. The molecule has 0 aromatic rings. The Morgan fingerprint density at radius 3 is 1.72 bits per heavy atom. The number of quaternary nitrogens is 1. The number of ether oxygens (including phenoxy) is 5. The van der Waals surface area contributed by atoms with Gasteiger partial charge in [0.2, 0.25) is 0 Å². The van der Waals surface area contributed by atoms with E-state index < -0.39 is 30.0 Å². The molecule has 0 aliphatic carbocycles. The second kappa shape index (κ2) is 16.2. The number of hydrogen-bond acceptors (Lipinski definition) is 9. The SMILES string of the molecule is CC(C)OC(=O)/C=C/C(=O)OCC(C[NH+]1CCOCC1)OC(=O)/C=C/C(=O)OC(C)C.[Cl-].[HH]. The maximum Gasteiger partial charge on any atom is 0.331 e. The zero-order chi connectivity index (χ0) is 23.2. The third-order valence-corrected chi connectivity index (χ3v) is 3.83. The standard InChI is InChI=1S/C21H31NO9.ClH.H2/c1-15(2)29-19(24)6-5-18(23)28-14-17(13-22-9-11-27-12-10-22)31-21(26)8-7-20(25)30-16(3)4;;/h5-8,15-17H,9-14H2,1-4H3;2*1H/b6-5+,8-7+;;. The minimum absolute atomic E-state index is 0. The van der Waals surface area contributed by atoms with Gasteiger partial charge in [0.1, 0.15) is 26.2 Å². The van der Waals surface area contributed by atoms with Gasteiger partial charge in [-0.15, -0.1) is 0 Å². The van der Waals surface area contributed by atoms with E-state index in [4.69, 9.17) is 23.7 Å². The molecule has 0 aromatic carbocycles. The van der Waals surface area contributed by atoms with Crippen molar-refractivity contribution >= 4 is 23.9 Å². The molecule has 0 amide bonds. The quantitative estimate of drug-likeness (QED) is 0.184. The highest BCUT2D eigenvalue weighted by Crippen LogP contribution is 1.98. The molecule has 0 radical (unpaired) electrons. The number of rotatable bonds is 11. The van der Waals surface area contributed by atoms with Gasteiger partial charge >= 0.3 is 23.9 Å². The van der Waals surface area contributed by atoms with Crippen LogP contribution in [0.4, 0.5) is 0 Å². The number of halogens is 1. The number of esters is 4. The van der Waals surface area contributed by atoms with Gasteiger partial charge < -0.3 is 41.0 Å². The van der Waals surface area contributed by atoms with E-state index in [0.29, 0.717) is 19.8 Å². The van der Waals surface area contributed by atoms with Crippen molar-refractivity contribution in [3.05, 3.63) is 24.3 Å². The summed E-state index contributed by atoms with van der Waals surface area (Å²) in [5, 5.41) is 0. The fourth-order valence-electron chi connectivity index (χ4n) is 2.56. The van der Waals surface area contributed by atoms with Gasteiger partial charge in [-0.05, 0) is 27.7 Å². The summed E-state index contributed by atoms with van der Waals surface area (Å²) in [5.41, 5.74) is 0. The van der Waals surface area contributed by atoms with Crippen molar-refractivity contribution in [3.63, 3.8) is 0 Å². The molecule has 0 aromatic heterocycles. The largest absolute Gasteiger partial charge is 1.00 e. The molecule has 0 saturated carbocycles. The summed E-state index contributed by atoms with van der Waals surface area (Å²) < 4.78 is 25.6. The zero-order valence-electron chi connectivity index (χ0n) is 18.8. The Morgan fingerprint density at radius 1 is 0.812 bits per heavy atom. The minimum Gasteiger partial charge on any atom is -1.00 e. The van der Waals surface area contributed by atoms with Gasteiger partial charge in [-0.2, -0.15) is 0 Å². The van der Waals surface area contributed by atoms with E-state index in [-0.39, 0.29) is 32.6 Å². The summed E-state index contributed by atoms with van der Waals surface area (Å²) in [6.07, 6.45) is 2.51. The van der Waals surface area contributed by atoms with E-state index in [0.717, 1.165) is 42.3 Å². The molecule has 1 rings (SSSR count). The molecule has 11 heteroatoms. The van der Waals surface area contributed by atoms with Crippen LogP contribution in [0.25, 0.3) is 0 Å². The lowest BCUT2D eigenvalue weighted by atomic mass is 10.3. The molecular formula is C21H34ClNO9. The van der Waals surface area contributed by atoms with Crippen LogP contribution in [-0.2, 0) is 42.9 Å². The predicted octanol–water partition coefficient (Wildman–Crippen LogP) is -3.38. The first-order chi connectivity index (χ1) is 14.7. The van der Waals surface area contributed by atoms with Crippen LogP contribution in [0, 0.1) is 0 Å². The third kappa shape index (κ3) is 14.6. The first-order valence-electron chi connectivity index (χ1n) is 10.2. The first-order valence-corrected chi connectivity index (χ1v) is 10.2. The lowest BCUT2D eigenvalue weighted by Crippen LogP contribution is -3.15. The van der Waals surface area contributed by atoms with Crippen molar-refractivity contribution in [1.29, 1.82) is 0 Å². The van der Waals surface area contributed by atoms with Gasteiger partial charge in [0.15, 0.2) is 6.10 Å². The second-order valence-corrected chi connectivity index (χ2v) is 7.39. The summed E-state index contributed by atoms with van der Waals surface area (Å²) >= 11 is 0. The Morgan fingerprint density at radius 2 is 1.25 bits per heavy atom. The summed E-state index contributed by atoms with van der Waals surface area (Å²) in [5.74, 6) is -2.85. The van der Waals surface area contributed by atoms with Crippen LogP contribution in [-0.4, -0.2) is 81.6 Å². The average molecular weight is 480 g/mol. The molecular weight excluding hydrogens is 446 g/mol. The van der Waals surface area contributed by atoms with E-state index in [2.05, 4.69) is 0 Å². The molecule has 1 atom stereocenters. The highest BCUT2D eigenvalue weighted by atomic mass is 35.5. The van der Waals surface area contributed by atoms with Crippen molar-refractivity contribution < 1.29 is 61.6 Å². The number of morpholine rings is 1. The minimum atomic E-state index is -0.769. The monoisotopic (exact) mass is 479 g/mol. The molecule has 0 spiro atoms. The Balaban J connectivity index is 0. The highest BCUT2D eigenvalue weighted by Gasteiger charge is 2.24. The summed E-state index contributed by atoms with van der Waals surface area (Å²) in [6.45, 7) is 9.55. The van der Waals surface area contributed by atoms with Gasteiger partial charge in [0.25, 0.3) is 0 Å². The molecule has 1 saturated heterocycles. The average Bonchev–Trinajstić information content (AvgIpc) is 2.68. The van der Waals surface area contributed by atoms with Crippen molar-refractivity contribution in [2.75, 3.05) is 39.5 Å². The Labute approximate surface area is 195 Å². The second-order valence-electron chi connectivity index (χ2n) is 7.39. The van der Waals surface area contributed by atoms with Crippen molar-refractivity contribution in [2.45, 2.75) is 46.0 Å². The van der Waals surface area contributed by atoms with Crippen LogP contribution in [0.5, 0.6) is 0 Å². The summed E-state index contributed by atoms with van der Waals surface area (Å²) in [6, 6.07) is 0. The first kappa shape index (κ1) is 29.6. The van der Waals surface area contributed by atoms with Gasteiger partial charge in [0.05, 0.1) is 25.4 Å². The maximum atomic E-state index is 12.1. The van der Waals surface area contributed by atoms with Crippen LogP contribution in [0.2, 0.25) is 0 Å². The number of nitrogens with one attached hydrogen (secondary N) is 1. The molecule has 10 nitrogen and oxygen atoms in total. The molecule has 1 unspecified atom stereocenters. The van der Waals surface area contributed by atoms with E-state index in [1.165, 1.54) is 0 Å². The number of hydrogen-bond donors (Lipinski definition) is 1. The topological polar surface area (TPSA) is 119 Å². The van der Waals surface area contributed by atoms with Gasteiger partial charge in [-0.25, -0.2) is 19.2 Å². The van der Waals surface area contributed by atoms with Crippen LogP contribution in [0.3, 0.4) is 0 Å². The van der Waals surface area contributed by atoms with Gasteiger partial charge in [-0.3, -0.25) is 0 Å². The van der Waals surface area contributed by atoms with Gasteiger partial charge in [-0.1, -0.05) is 0 Å². The number of carbonyl (C=O) groups excluding carboxylic acids is 4. The third-order valence-electron chi connectivity index (χ3n) is 3.83. The fraction of sp³-hybridized carbons (Fsp3) is 0.619. The molecule has 32 heavy (non-hydrogen) atoms. The molecule has 1 fully saturated rings. The van der Waals surface area contributed by atoms with Gasteiger partial charge in [0, 0.05) is 25.7 Å². The zero-order valence-corrected chi connectivity index (χ0v) is 19.6. The highest BCUT2D eigenvalue weighted by molar-refractivity contribution is 5.92. The van der Waals surface area contributed by atoms with Crippen molar-refractivity contribution in [3.8, 4) is 0 Å². The number of carbonyl (C=O) groups is 4. The van der Waals surface area contributed by atoms with E-state index in [9.17, 15) is 19.2 Å². The van der Waals surface area contributed by atoms with Crippen LogP contribution < -0.4 is 17.3 Å². The van der Waals surface area contributed by atoms with Crippen LogP contribution in [0.1, 0.15) is 29.1 Å². The lowest BCUT2D eigenvalue weighted by molar-refractivity contribution is -0.910. The Kier molecular flexibility index (Phi) is 15.0. The lowest BCUT2D eigenvalue weighted by Gasteiger charge is -2.27. The molecule has 0 bridgehead atoms. The Bertz CT molecular complexity index is 677. The fourth-order valence-corrected chi connectivity index (χ4v) is 2.56. The normalized spacial score (nSPS) is 15.4. The van der Waals surface area contributed by atoms with Crippen LogP contribution >= 0.6 is 0 Å². The Hall–Kier alpha value is -2.43.